The van der Waals surface area contributed by atoms with Gasteiger partial charge in [-0.3, -0.25) is 14.9 Å². The number of carbonyl (C=O) groups is 1. The third kappa shape index (κ3) is 3.82. The van der Waals surface area contributed by atoms with Gasteiger partial charge in [0.2, 0.25) is 15.9 Å². The minimum absolute atomic E-state index is 0.0245. The standard InChI is InChI=1S/C14H20N4O5S/c1-16(2)14(19)10-4-3-7-17(9-10)12-6-5-11(24(15,22)23)8-13(12)18(20)21/h5-6,8,10H,3-4,7,9H2,1-2H3,(H2,15,22,23). The molecule has 1 unspecified atom stereocenters. The van der Waals surface area contributed by atoms with Crippen molar-refractivity contribution in [2.24, 2.45) is 11.1 Å². The fraction of sp³-hybridized carbons (Fsp3) is 0.500. The van der Waals surface area contributed by atoms with Gasteiger partial charge in [0.15, 0.2) is 0 Å². The third-order valence-electron chi connectivity index (χ3n) is 4.02. The van der Waals surface area contributed by atoms with E-state index in [2.05, 4.69) is 0 Å². The maximum atomic E-state index is 12.1. The van der Waals surface area contributed by atoms with E-state index < -0.39 is 14.9 Å². The number of nitro benzene ring substituents is 1. The van der Waals surface area contributed by atoms with Gasteiger partial charge in [0.25, 0.3) is 5.69 Å². The van der Waals surface area contributed by atoms with Crippen LogP contribution in [-0.4, -0.2) is 51.3 Å². The smallest absolute Gasteiger partial charge is 0.293 e. The summed E-state index contributed by atoms with van der Waals surface area (Å²) < 4.78 is 22.8. The van der Waals surface area contributed by atoms with Gasteiger partial charge in [0.1, 0.15) is 5.69 Å². The number of hydrogen-bond acceptors (Lipinski definition) is 6. The molecule has 0 aliphatic carbocycles. The van der Waals surface area contributed by atoms with Crippen LogP contribution < -0.4 is 10.0 Å². The monoisotopic (exact) mass is 356 g/mol. The molecule has 1 amide bonds. The number of nitro groups is 1. The highest BCUT2D eigenvalue weighted by Crippen LogP contribution is 2.33. The van der Waals surface area contributed by atoms with E-state index in [0.717, 1.165) is 18.9 Å². The Morgan fingerprint density at radius 2 is 2.08 bits per heavy atom. The van der Waals surface area contributed by atoms with Crippen molar-refractivity contribution in [3.8, 4) is 0 Å². The van der Waals surface area contributed by atoms with Crippen molar-refractivity contribution in [2.45, 2.75) is 17.7 Å². The molecule has 1 fully saturated rings. The molecular weight excluding hydrogens is 336 g/mol. The lowest BCUT2D eigenvalue weighted by atomic mass is 9.96. The summed E-state index contributed by atoms with van der Waals surface area (Å²) in [4.78, 5) is 25.8. The average molecular weight is 356 g/mol. The Morgan fingerprint density at radius 3 is 2.62 bits per heavy atom. The molecule has 9 nitrogen and oxygen atoms in total. The topological polar surface area (TPSA) is 127 Å². The van der Waals surface area contributed by atoms with Gasteiger partial charge in [-0.25, -0.2) is 13.6 Å². The van der Waals surface area contributed by atoms with Crippen LogP contribution in [0.4, 0.5) is 11.4 Å². The van der Waals surface area contributed by atoms with Gasteiger partial charge >= 0.3 is 0 Å². The van der Waals surface area contributed by atoms with Gasteiger partial charge < -0.3 is 9.80 Å². The maximum absolute atomic E-state index is 12.1. The van der Waals surface area contributed by atoms with E-state index in [4.69, 9.17) is 5.14 Å². The van der Waals surface area contributed by atoms with Gasteiger partial charge in [-0.05, 0) is 25.0 Å². The molecule has 132 valence electrons. The zero-order chi connectivity index (χ0) is 18.1. The molecule has 0 aromatic heterocycles. The van der Waals surface area contributed by atoms with E-state index in [9.17, 15) is 23.3 Å². The number of piperidine rings is 1. The molecule has 0 saturated carbocycles. The summed E-state index contributed by atoms with van der Waals surface area (Å²) in [6.07, 6.45) is 1.44. The quantitative estimate of drug-likeness (QED) is 0.620. The Labute approximate surface area is 140 Å². The maximum Gasteiger partial charge on any atom is 0.293 e. The second kappa shape index (κ2) is 6.73. The Balaban J connectivity index is 2.37. The normalized spacial score (nSPS) is 18.3. The number of nitrogens with two attached hydrogens (primary N) is 1. The Morgan fingerprint density at radius 1 is 1.42 bits per heavy atom. The number of hydrogen-bond donors (Lipinski definition) is 1. The highest BCUT2D eigenvalue weighted by Gasteiger charge is 2.30. The lowest BCUT2D eigenvalue weighted by Gasteiger charge is -2.34. The predicted molar refractivity (Wildman–Crippen MR) is 88.1 cm³/mol. The van der Waals surface area contributed by atoms with Crippen molar-refractivity contribution >= 4 is 27.3 Å². The van der Waals surface area contributed by atoms with Crippen LogP contribution in [0.3, 0.4) is 0 Å². The highest BCUT2D eigenvalue weighted by atomic mass is 32.2. The SMILES string of the molecule is CN(C)C(=O)C1CCCN(c2ccc(S(N)(=O)=O)cc2[N+](=O)[O-])C1. The van der Waals surface area contributed by atoms with Crippen LogP contribution in [0.2, 0.25) is 0 Å². The van der Waals surface area contributed by atoms with Crippen molar-refractivity contribution in [1.82, 2.24) is 4.90 Å². The van der Waals surface area contributed by atoms with E-state index in [1.807, 2.05) is 0 Å². The van der Waals surface area contributed by atoms with Crippen molar-refractivity contribution in [3.63, 3.8) is 0 Å². The molecule has 0 bridgehead atoms. The fourth-order valence-electron chi connectivity index (χ4n) is 2.86. The van der Waals surface area contributed by atoms with Gasteiger partial charge in [-0.1, -0.05) is 0 Å². The minimum atomic E-state index is -4.03. The molecule has 0 spiro atoms. The second-order valence-corrected chi connectivity index (χ2v) is 7.53. The summed E-state index contributed by atoms with van der Waals surface area (Å²) in [6, 6.07) is 3.58. The Hall–Kier alpha value is -2.20. The van der Waals surface area contributed by atoms with E-state index in [1.165, 1.54) is 17.0 Å². The van der Waals surface area contributed by atoms with E-state index in [1.54, 1.807) is 19.0 Å². The molecule has 24 heavy (non-hydrogen) atoms. The van der Waals surface area contributed by atoms with Gasteiger partial charge in [-0.2, -0.15) is 0 Å². The number of amides is 1. The van der Waals surface area contributed by atoms with Crippen molar-refractivity contribution in [2.75, 3.05) is 32.1 Å². The number of sulfonamides is 1. The zero-order valence-corrected chi connectivity index (χ0v) is 14.3. The largest absolute Gasteiger partial charge is 0.365 e. The molecule has 1 saturated heterocycles. The number of rotatable bonds is 4. The van der Waals surface area contributed by atoms with Gasteiger partial charge in [0, 0.05) is 33.3 Å². The molecular formula is C14H20N4O5S. The zero-order valence-electron chi connectivity index (χ0n) is 13.5. The van der Waals surface area contributed by atoms with Crippen LogP contribution >= 0.6 is 0 Å². The van der Waals surface area contributed by atoms with Crippen molar-refractivity contribution < 1.29 is 18.1 Å². The van der Waals surface area contributed by atoms with Crippen molar-refractivity contribution in [1.29, 1.82) is 0 Å². The molecule has 1 aromatic rings. The number of carbonyl (C=O) groups excluding carboxylic acids is 1. The van der Waals surface area contributed by atoms with Gasteiger partial charge in [0.05, 0.1) is 15.7 Å². The molecule has 1 aromatic carbocycles. The first kappa shape index (κ1) is 18.1. The molecule has 2 rings (SSSR count). The number of primary sulfonamides is 1. The lowest BCUT2D eigenvalue weighted by molar-refractivity contribution is -0.384. The number of benzene rings is 1. The van der Waals surface area contributed by atoms with Crippen LogP contribution in [0.15, 0.2) is 23.1 Å². The van der Waals surface area contributed by atoms with Crippen LogP contribution in [0.5, 0.6) is 0 Å². The van der Waals surface area contributed by atoms with Crippen molar-refractivity contribution in [3.05, 3.63) is 28.3 Å². The summed E-state index contributed by atoms with van der Waals surface area (Å²) in [7, 11) is -0.683. The summed E-state index contributed by atoms with van der Waals surface area (Å²) in [5, 5.41) is 16.4. The first-order valence-corrected chi connectivity index (χ1v) is 8.93. The Kier molecular flexibility index (Phi) is 5.09. The average Bonchev–Trinajstić information content (AvgIpc) is 2.52. The molecule has 1 atom stereocenters. The predicted octanol–water partition coefficient (Wildman–Crippen LogP) is 0.547. The second-order valence-electron chi connectivity index (χ2n) is 5.97. The van der Waals surface area contributed by atoms with Gasteiger partial charge in [-0.15, -0.1) is 0 Å². The molecule has 1 aliphatic rings. The molecule has 1 aliphatic heterocycles. The fourth-order valence-corrected chi connectivity index (χ4v) is 3.39. The third-order valence-corrected chi connectivity index (χ3v) is 4.94. The van der Waals surface area contributed by atoms with Crippen LogP contribution in [0.25, 0.3) is 0 Å². The van der Waals surface area contributed by atoms with E-state index >= 15 is 0 Å². The van der Waals surface area contributed by atoms with E-state index in [-0.39, 0.29) is 22.4 Å². The summed E-state index contributed by atoms with van der Waals surface area (Å²) in [6.45, 7) is 0.916. The summed E-state index contributed by atoms with van der Waals surface area (Å²) in [5.74, 6) is -0.269. The molecule has 10 heteroatoms. The lowest BCUT2D eigenvalue weighted by Crippen LogP contribution is -2.42. The number of nitrogens with zero attached hydrogens (tertiary/aromatic N) is 3. The van der Waals surface area contributed by atoms with Crippen LogP contribution in [0.1, 0.15) is 12.8 Å². The Bertz CT molecular complexity index is 762. The first-order chi connectivity index (χ1) is 11.1. The summed E-state index contributed by atoms with van der Waals surface area (Å²) in [5.41, 5.74) is -0.0388. The minimum Gasteiger partial charge on any atom is -0.365 e. The summed E-state index contributed by atoms with van der Waals surface area (Å²) >= 11 is 0. The molecule has 1 heterocycles. The molecule has 0 radical (unpaired) electrons. The number of anilines is 1. The van der Waals surface area contributed by atoms with Crippen LogP contribution in [0, 0.1) is 16.0 Å². The van der Waals surface area contributed by atoms with E-state index in [0.29, 0.717) is 18.8 Å². The molecule has 2 N–H and O–H groups in total. The highest BCUT2D eigenvalue weighted by molar-refractivity contribution is 7.89. The van der Waals surface area contributed by atoms with Crippen LogP contribution in [-0.2, 0) is 14.8 Å². The first-order valence-electron chi connectivity index (χ1n) is 7.38.